The molecule has 1 aromatic rings. The molecule has 0 aliphatic heterocycles. The highest BCUT2D eigenvalue weighted by Gasteiger charge is 2.18. The zero-order chi connectivity index (χ0) is 15.5. The number of rotatable bonds is 3. The summed E-state index contributed by atoms with van der Waals surface area (Å²) in [6.45, 7) is 7.16. The van der Waals surface area contributed by atoms with Gasteiger partial charge < -0.3 is 10.5 Å². The smallest absolute Gasteiger partial charge is 0.251 e. The van der Waals surface area contributed by atoms with Crippen molar-refractivity contribution < 1.29 is 10.0 Å². The van der Waals surface area contributed by atoms with Gasteiger partial charge in [0.05, 0.1) is 5.71 Å². The number of amides is 1. The molecule has 0 fully saturated rings. The molecule has 0 radical (unpaired) electrons. The van der Waals surface area contributed by atoms with E-state index < -0.39 is 0 Å². The van der Waals surface area contributed by atoms with Gasteiger partial charge in [0.2, 0.25) is 0 Å². The molecule has 114 valence electrons. The van der Waals surface area contributed by atoms with E-state index in [1.807, 2.05) is 18.2 Å². The minimum absolute atomic E-state index is 0.0323. The van der Waals surface area contributed by atoms with Crippen molar-refractivity contribution in [2.45, 2.75) is 46.5 Å². The van der Waals surface area contributed by atoms with Crippen molar-refractivity contribution in [2.75, 3.05) is 6.54 Å². The topological polar surface area (TPSA) is 61.7 Å². The highest BCUT2D eigenvalue weighted by molar-refractivity contribution is 6.03. The highest BCUT2D eigenvalue weighted by Crippen LogP contribution is 2.23. The molecule has 1 amide bonds. The highest BCUT2D eigenvalue weighted by atomic mass is 16.4. The number of aryl methyl sites for hydroxylation is 1. The van der Waals surface area contributed by atoms with Gasteiger partial charge >= 0.3 is 0 Å². The largest absolute Gasteiger partial charge is 0.411 e. The first-order valence-electron chi connectivity index (χ1n) is 7.53. The Morgan fingerprint density at radius 1 is 1.33 bits per heavy atom. The zero-order valence-electron chi connectivity index (χ0n) is 13.1. The van der Waals surface area contributed by atoms with Crippen LogP contribution in [0.3, 0.4) is 0 Å². The molecule has 0 spiro atoms. The second-order valence-corrected chi connectivity index (χ2v) is 6.84. The van der Waals surface area contributed by atoms with Gasteiger partial charge in [-0.15, -0.1) is 0 Å². The summed E-state index contributed by atoms with van der Waals surface area (Å²) >= 11 is 0. The fraction of sp³-hybridized carbons (Fsp3) is 0.529. The first-order valence-corrected chi connectivity index (χ1v) is 7.53. The van der Waals surface area contributed by atoms with E-state index in [0.29, 0.717) is 12.1 Å². The Hall–Kier alpha value is -1.84. The van der Waals surface area contributed by atoms with Gasteiger partial charge in [0.1, 0.15) is 0 Å². The lowest BCUT2D eigenvalue weighted by Crippen LogP contribution is -2.27. The van der Waals surface area contributed by atoms with Crippen molar-refractivity contribution in [3.63, 3.8) is 0 Å². The standard InChI is InChI=1S/C17H24N2O2/c1-17(2,3)9-10-18-16(20)13-7-8-14-12(11-13)5-4-6-15(14)19-21/h7-8,11,21H,4-6,9-10H2,1-3H3,(H,18,20). The van der Waals surface area contributed by atoms with Gasteiger partial charge in [-0.25, -0.2) is 0 Å². The summed E-state index contributed by atoms with van der Waals surface area (Å²) in [5.74, 6) is -0.0323. The Morgan fingerprint density at radius 3 is 2.76 bits per heavy atom. The molecule has 21 heavy (non-hydrogen) atoms. The third kappa shape index (κ3) is 4.06. The molecule has 0 unspecified atom stereocenters. The lowest BCUT2D eigenvalue weighted by Gasteiger charge is -2.19. The maximum absolute atomic E-state index is 12.2. The molecule has 1 aliphatic rings. The number of fused-ring (bicyclic) bond motifs is 1. The maximum Gasteiger partial charge on any atom is 0.251 e. The Labute approximate surface area is 126 Å². The Bertz CT molecular complexity index is 556. The Kier molecular flexibility index (Phi) is 4.66. The maximum atomic E-state index is 12.2. The summed E-state index contributed by atoms with van der Waals surface area (Å²) in [4.78, 5) is 12.2. The van der Waals surface area contributed by atoms with Crippen LogP contribution < -0.4 is 5.32 Å². The minimum Gasteiger partial charge on any atom is -0.411 e. The first-order chi connectivity index (χ1) is 9.90. The number of hydrogen-bond donors (Lipinski definition) is 2. The van der Waals surface area contributed by atoms with E-state index in [1.165, 1.54) is 0 Å². The molecular weight excluding hydrogens is 264 g/mol. The minimum atomic E-state index is -0.0323. The number of carbonyl (C=O) groups excluding carboxylic acids is 1. The number of nitrogens with zero attached hydrogens (tertiary/aromatic N) is 1. The molecule has 2 rings (SSSR count). The van der Waals surface area contributed by atoms with Gasteiger partial charge in [0.25, 0.3) is 5.91 Å². The zero-order valence-corrected chi connectivity index (χ0v) is 13.1. The van der Waals surface area contributed by atoms with Crippen molar-refractivity contribution in [3.05, 3.63) is 34.9 Å². The van der Waals surface area contributed by atoms with Crippen LogP contribution in [0.5, 0.6) is 0 Å². The van der Waals surface area contributed by atoms with Crippen LogP contribution in [0.1, 0.15) is 61.5 Å². The molecule has 0 aromatic heterocycles. The van der Waals surface area contributed by atoms with Gasteiger partial charge in [0, 0.05) is 17.7 Å². The normalized spacial score (nSPS) is 16.6. The Morgan fingerprint density at radius 2 is 2.10 bits per heavy atom. The fourth-order valence-electron chi connectivity index (χ4n) is 2.56. The molecule has 2 N–H and O–H groups in total. The number of hydrogen-bond acceptors (Lipinski definition) is 3. The monoisotopic (exact) mass is 288 g/mol. The van der Waals surface area contributed by atoms with Crippen molar-refractivity contribution in [3.8, 4) is 0 Å². The molecule has 4 heteroatoms. The van der Waals surface area contributed by atoms with Crippen molar-refractivity contribution in [1.82, 2.24) is 5.32 Å². The van der Waals surface area contributed by atoms with Crippen LogP contribution in [0.4, 0.5) is 0 Å². The predicted octanol–water partition coefficient (Wildman–Crippen LogP) is 3.37. The van der Waals surface area contributed by atoms with Crippen LogP contribution in [0.15, 0.2) is 23.4 Å². The van der Waals surface area contributed by atoms with E-state index >= 15 is 0 Å². The van der Waals surface area contributed by atoms with Crippen LogP contribution in [-0.4, -0.2) is 23.4 Å². The van der Waals surface area contributed by atoms with Gasteiger partial charge in [-0.05, 0) is 48.8 Å². The lowest BCUT2D eigenvalue weighted by molar-refractivity contribution is 0.0949. The molecule has 0 bridgehead atoms. The number of carbonyl (C=O) groups is 1. The summed E-state index contributed by atoms with van der Waals surface area (Å²) in [5.41, 5.74) is 3.68. The van der Waals surface area contributed by atoms with E-state index in [0.717, 1.165) is 42.5 Å². The Balaban J connectivity index is 2.06. The van der Waals surface area contributed by atoms with E-state index in [-0.39, 0.29) is 11.3 Å². The molecule has 0 saturated heterocycles. The van der Waals surface area contributed by atoms with Gasteiger partial charge in [-0.2, -0.15) is 0 Å². The van der Waals surface area contributed by atoms with Gasteiger partial charge in [0.15, 0.2) is 0 Å². The van der Waals surface area contributed by atoms with E-state index in [4.69, 9.17) is 5.21 Å². The van der Waals surface area contributed by atoms with Crippen LogP contribution in [0.2, 0.25) is 0 Å². The van der Waals surface area contributed by atoms with Crippen LogP contribution >= 0.6 is 0 Å². The molecule has 0 saturated carbocycles. The van der Waals surface area contributed by atoms with E-state index in [2.05, 4.69) is 31.2 Å². The van der Waals surface area contributed by atoms with Crippen molar-refractivity contribution in [1.29, 1.82) is 0 Å². The van der Waals surface area contributed by atoms with Crippen molar-refractivity contribution >= 4 is 11.6 Å². The molecule has 0 atom stereocenters. The van der Waals surface area contributed by atoms with E-state index in [1.54, 1.807) is 0 Å². The van der Waals surface area contributed by atoms with E-state index in [9.17, 15) is 4.79 Å². The number of nitrogens with one attached hydrogen (secondary N) is 1. The second-order valence-electron chi connectivity index (χ2n) is 6.84. The third-order valence-corrected chi connectivity index (χ3v) is 3.82. The molecule has 4 nitrogen and oxygen atoms in total. The number of benzene rings is 1. The number of oxime groups is 1. The van der Waals surface area contributed by atoms with Gasteiger partial charge in [-0.3, -0.25) is 4.79 Å². The van der Waals surface area contributed by atoms with Gasteiger partial charge in [-0.1, -0.05) is 32.0 Å². The fourth-order valence-corrected chi connectivity index (χ4v) is 2.56. The molecule has 1 aliphatic carbocycles. The molecular formula is C17H24N2O2. The second kappa shape index (κ2) is 6.29. The lowest BCUT2D eigenvalue weighted by atomic mass is 9.88. The average Bonchev–Trinajstić information content (AvgIpc) is 2.44. The summed E-state index contributed by atoms with van der Waals surface area (Å²) in [5, 5.41) is 15.3. The SMILES string of the molecule is CC(C)(C)CCNC(=O)c1ccc2c(c1)CCCC2=NO. The summed E-state index contributed by atoms with van der Waals surface area (Å²) in [6.07, 6.45) is 3.63. The molecule has 0 heterocycles. The van der Waals surface area contributed by atoms with Crippen LogP contribution in [0, 0.1) is 5.41 Å². The van der Waals surface area contributed by atoms with Crippen LogP contribution in [-0.2, 0) is 6.42 Å². The average molecular weight is 288 g/mol. The quantitative estimate of drug-likeness (QED) is 0.661. The van der Waals surface area contributed by atoms with Crippen molar-refractivity contribution in [2.24, 2.45) is 10.6 Å². The first kappa shape index (κ1) is 15.5. The summed E-state index contributed by atoms with van der Waals surface area (Å²) in [6, 6.07) is 5.62. The predicted molar refractivity (Wildman–Crippen MR) is 84.1 cm³/mol. The molecule has 1 aromatic carbocycles. The summed E-state index contributed by atoms with van der Waals surface area (Å²) in [7, 11) is 0. The third-order valence-electron chi connectivity index (χ3n) is 3.82. The summed E-state index contributed by atoms with van der Waals surface area (Å²) < 4.78 is 0. The van der Waals surface area contributed by atoms with Crippen LogP contribution in [0.25, 0.3) is 0 Å².